The number of aromatic amines is 1. The first-order valence-corrected chi connectivity index (χ1v) is 8.60. The lowest BCUT2D eigenvalue weighted by Gasteiger charge is -2.31. The van der Waals surface area contributed by atoms with Crippen LogP contribution in [0.1, 0.15) is 30.1 Å². The molecule has 1 fully saturated rings. The Morgan fingerprint density at radius 3 is 2.80 bits per heavy atom. The van der Waals surface area contributed by atoms with Crippen molar-refractivity contribution in [2.24, 2.45) is 0 Å². The van der Waals surface area contributed by atoms with Gasteiger partial charge in [0, 0.05) is 48.7 Å². The average Bonchev–Trinajstić information content (AvgIpc) is 3.11. The normalized spacial score (nSPS) is 15.9. The second-order valence-electron chi connectivity index (χ2n) is 6.38. The Bertz CT molecular complexity index is 859. The molecular weight excluding hydrogens is 312 g/mol. The standard InChI is InChI=1S/C20H20N4O/c25-20(6-5-17-14-21-9-10-22-17)24-11-7-15(8-12-24)19-13-16-3-1-2-4-18(16)23-19/h1-6,9-10,13-15,23H,7-8,11-12H2/b6-5+. The van der Waals surface area contributed by atoms with Crippen LogP contribution in [-0.4, -0.2) is 38.8 Å². The van der Waals surface area contributed by atoms with Gasteiger partial charge in [-0.2, -0.15) is 0 Å². The number of aromatic nitrogens is 3. The van der Waals surface area contributed by atoms with E-state index in [4.69, 9.17) is 0 Å². The number of hydrogen-bond donors (Lipinski definition) is 1. The molecule has 4 rings (SSSR count). The van der Waals surface area contributed by atoms with Crippen molar-refractivity contribution < 1.29 is 4.79 Å². The number of piperidine rings is 1. The monoisotopic (exact) mass is 332 g/mol. The first kappa shape index (κ1) is 15.6. The van der Waals surface area contributed by atoms with Crippen LogP contribution in [0.15, 0.2) is 55.0 Å². The molecule has 0 atom stereocenters. The number of H-pyrrole nitrogens is 1. The first-order chi connectivity index (χ1) is 12.3. The van der Waals surface area contributed by atoms with E-state index >= 15 is 0 Å². The summed E-state index contributed by atoms with van der Waals surface area (Å²) in [6.07, 6.45) is 10.2. The van der Waals surface area contributed by atoms with E-state index in [0.717, 1.165) is 25.9 Å². The molecule has 0 spiro atoms. The maximum atomic E-state index is 12.3. The second-order valence-corrected chi connectivity index (χ2v) is 6.38. The highest BCUT2D eigenvalue weighted by atomic mass is 16.2. The van der Waals surface area contributed by atoms with Gasteiger partial charge in [0.15, 0.2) is 0 Å². The van der Waals surface area contributed by atoms with Crippen molar-refractivity contribution in [1.82, 2.24) is 19.9 Å². The highest BCUT2D eigenvalue weighted by Crippen LogP contribution is 2.29. The first-order valence-electron chi connectivity index (χ1n) is 8.60. The summed E-state index contributed by atoms with van der Waals surface area (Å²) in [6, 6.07) is 10.6. The van der Waals surface area contributed by atoms with E-state index in [1.54, 1.807) is 30.7 Å². The molecule has 1 aromatic carbocycles. The summed E-state index contributed by atoms with van der Waals surface area (Å²) in [5.41, 5.74) is 3.16. The molecule has 5 heteroatoms. The summed E-state index contributed by atoms with van der Waals surface area (Å²) in [4.78, 5) is 25.9. The predicted octanol–water partition coefficient (Wildman–Crippen LogP) is 3.38. The fourth-order valence-corrected chi connectivity index (χ4v) is 3.39. The molecule has 0 unspecified atom stereocenters. The van der Waals surface area contributed by atoms with E-state index in [1.165, 1.54) is 16.6 Å². The van der Waals surface area contributed by atoms with Crippen LogP contribution in [0, 0.1) is 0 Å². The summed E-state index contributed by atoms with van der Waals surface area (Å²) in [6.45, 7) is 1.56. The Morgan fingerprint density at radius 1 is 1.20 bits per heavy atom. The highest BCUT2D eigenvalue weighted by Gasteiger charge is 2.23. The summed E-state index contributed by atoms with van der Waals surface area (Å²) in [5.74, 6) is 0.529. The number of rotatable bonds is 3. The number of amides is 1. The van der Waals surface area contributed by atoms with Crippen LogP contribution in [0.4, 0.5) is 0 Å². The molecule has 126 valence electrons. The van der Waals surface area contributed by atoms with Crippen LogP contribution < -0.4 is 0 Å². The number of carbonyl (C=O) groups excluding carboxylic acids is 1. The summed E-state index contributed by atoms with van der Waals surface area (Å²) >= 11 is 0. The van der Waals surface area contributed by atoms with Gasteiger partial charge in [-0.1, -0.05) is 18.2 Å². The van der Waals surface area contributed by atoms with Gasteiger partial charge in [-0.3, -0.25) is 14.8 Å². The molecule has 25 heavy (non-hydrogen) atoms. The van der Waals surface area contributed by atoms with Gasteiger partial charge in [-0.25, -0.2) is 0 Å². The van der Waals surface area contributed by atoms with Gasteiger partial charge in [0.2, 0.25) is 5.91 Å². The van der Waals surface area contributed by atoms with Crippen molar-refractivity contribution in [2.45, 2.75) is 18.8 Å². The number of likely N-dealkylation sites (tertiary alicyclic amines) is 1. The van der Waals surface area contributed by atoms with Gasteiger partial charge in [-0.15, -0.1) is 0 Å². The van der Waals surface area contributed by atoms with Crippen LogP contribution in [0.3, 0.4) is 0 Å². The van der Waals surface area contributed by atoms with E-state index in [9.17, 15) is 4.79 Å². The van der Waals surface area contributed by atoms with Crippen molar-refractivity contribution >= 4 is 22.9 Å². The largest absolute Gasteiger partial charge is 0.358 e. The van der Waals surface area contributed by atoms with E-state index < -0.39 is 0 Å². The predicted molar refractivity (Wildman–Crippen MR) is 97.9 cm³/mol. The lowest BCUT2D eigenvalue weighted by molar-refractivity contribution is -0.126. The number of carbonyl (C=O) groups is 1. The molecule has 1 aliphatic rings. The zero-order valence-electron chi connectivity index (χ0n) is 13.9. The Balaban J connectivity index is 1.37. The van der Waals surface area contributed by atoms with Crippen LogP contribution in [0.5, 0.6) is 0 Å². The lowest BCUT2D eigenvalue weighted by atomic mass is 9.93. The highest BCUT2D eigenvalue weighted by molar-refractivity contribution is 5.91. The van der Waals surface area contributed by atoms with Gasteiger partial charge in [0.25, 0.3) is 0 Å². The third kappa shape index (κ3) is 3.45. The maximum Gasteiger partial charge on any atom is 0.246 e. The molecule has 3 aromatic rings. The molecule has 1 N–H and O–H groups in total. The molecule has 0 aliphatic carbocycles. The van der Waals surface area contributed by atoms with Gasteiger partial charge in [0.05, 0.1) is 11.9 Å². The number of nitrogens with one attached hydrogen (secondary N) is 1. The minimum atomic E-state index is 0.0424. The van der Waals surface area contributed by atoms with E-state index in [2.05, 4.69) is 39.2 Å². The average molecular weight is 332 g/mol. The van der Waals surface area contributed by atoms with Crippen LogP contribution >= 0.6 is 0 Å². The third-order valence-corrected chi connectivity index (χ3v) is 4.78. The van der Waals surface area contributed by atoms with E-state index in [-0.39, 0.29) is 5.91 Å². The number of benzene rings is 1. The topological polar surface area (TPSA) is 61.9 Å². The van der Waals surface area contributed by atoms with E-state index in [1.807, 2.05) is 11.0 Å². The summed E-state index contributed by atoms with van der Waals surface area (Å²) in [5, 5.41) is 1.25. The molecule has 5 nitrogen and oxygen atoms in total. The quantitative estimate of drug-likeness (QED) is 0.748. The Labute approximate surface area is 146 Å². The zero-order chi connectivity index (χ0) is 17.1. The molecule has 0 saturated carbocycles. The molecule has 1 saturated heterocycles. The van der Waals surface area contributed by atoms with Crippen molar-refractivity contribution in [1.29, 1.82) is 0 Å². The minimum Gasteiger partial charge on any atom is -0.358 e. The number of nitrogens with zero attached hydrogens (tertiary/aromatic N) is 3. The van der Waals surface area contributed by atoms with Crippen LogP contribution in [0.2, 0.25) is 0 Å². The maximum absolute atomic E-state index is 12.3. The number of para-hydroxylation sites is 1. The molecule has 2 aromatic heterocycles. The molecule has 0 radical (unpaired) electrons. The van der Waals surface area contributed by atoms with Crippen molar-refractivity contribution in [2.75, 3.05) is 13.1 Å². The molecular formula is C20H20N4O. The molecule has 3 heterocycles. The summed E-state index contributed by atoms with van der Waals surface area (Å²) < 4.78 is 0. The van der Waals surface area contributed by atoms with E-state index in [0.29, 0.717) is 11.6 Å². The zero-order valence-corrected chi connectivity index (χ0v) is 13.9. The van der Waals surface area contributed by atoms with Crippen molar-refractivity contribution in [3.05, 3.63) is 66.4 Å². The molecule has 1 aliphatic heterocycles. The van der Waals surface area contributed by atoms with Crippen LogP contribution in [-0.2, 0) is 4.79 Å². The second kappa shape index (κ2) is 6.89. The van der Waals surface area contributed by atoms with Crippen molar-refractivity contribution in [3.63, 3.8) is 0 Å². The van der Waals surface area contributed by atoms with Crippen molar-refractivity contribution in [3.8, 4) is 0 Å². The number of fused-ring (bicyclic) bond motifs is 1. The fraction of sp³-hybridized carbons (Fsp3) is 0.250. The Hall–Kier alpha value is -2.95. The SMILES string of the molecule is O=C(/C=C/c1cnccn1)N1CCC(c2cc3ccccc3[nH]2)CC1. The Kier molecular flexibility index (Phi) is 4.29. The van der Waals surface area contributed by atoms with Gasteiger partial charge >= 0.3 is 0 Å². The van der Waals surface area contributed by atoms with Gasteiger partial charge < -0.3 is 9.88 Å². The number of hydrogen-bond acceptors (Lipinski definition) is 3. The third-order valence-electron chi connectivity index (χ3n) is 4.78. The van der Waals surface area contributed by atoms with Crippen LogP contribution in [0.25, 0.3) is 17.0 Å². The van der Waals surface area contributed by atoms with Gasteiger partial charge in [0.1, 0.15) is 0 Å². The van der Waals surface area contributed by atoms with Gasteiger partial charge in [-0.05, 0) is 36.4 Å². The molecule has 1 amide bonds. The summed E-state index contributed by atoms with van der Waals surface area (Å²) in [7, 11) is 0. The lowest BCUT2D eigenvalue weighted by Crippen LogP contribution is -2.36. The fourth-order valence-electron chi connectivity index (χ4n) is 3.39. The molecule has 0 bridgehead atoms. The minimum absolute atomic E-state index is 0.0424. The Morgan fingerprint density at radius 2 is 2.04 bits per heavy atom. The smallest absolute Gasteiger partial charge is 0.246 e.